The lowest BCUT2D eigenvalue weighted by molar-refractivity contribution is -0.0498. The first-order valence-corrected chi connectivity index (χ1v) is 11.3. The van der Waals surface area contributed by atoms with Crippen LogP contribution in [0.1, 0.15) is 6.92 Å². The summed E-state index contributed by atoms with van der Waals surface area (Å²) < 4.78 is 38.3. The van der Waals surface area contributed by atoms with Gasteiger partial charge in [0.05, 0.1) is 31.0 Å². The number of benzene rings is 2. The topological polar surface area (TPSA) is 91.4 Å². The molecule has 0 aliphatic carbocycles. The fourth-order valence-corrected chi connectivity index (χ4v) is 4.08. The Morgan fingerprint density at radius 3 is 2.56 bits per heavy atom. The summed E-state index contributed by atoms with van der Waals surface area (Å²) in [6.07, 6.45) is 1.81. The van der Waals surface area contributed by atoms with E-state index in [0.29, 0.717) is 46.9 Å². The highest BCUT2D eigenvalue weighted by Gasteiger charge is 2.16. The minimum atomic E-state index is -2.95. The van der Waals surface area contributed by atoms with Crippen LogP contribution in [-0.2, 0) is 6.54 Å². The minimum absolute atomic E-state index is 0.0180. The Kier molecular flexibility index (Phi) is 6.34. The molecule has 0 aliphatic rings. The molecule has 0 saturated heterocycles. The van der Waals surface area contributed by atoms with Crippen LogP contribution in [0.3, 0.4) is 0 Å². The molecule has 2 aromatic carbocycles. The molecule has 0 fully saturated rings. The molecule has 0 radical (unpaired) electrons. The van der Waals surface area contributed by atoms with Crippen molar-refractivity contribution in [2.24, 2.45) is 0 Å². The van der Waals surface area contributed by atoms with Crippen LogP contribution in [0.25, 0.3) is 38.8 Å². The number of halogens is 2. The summed E-state index contributed by atoms with van der Waals surface area (Å²) in [6.45, 7) is -0.373. The second-order valence-corrected chi connectivity index (χ2v) is 7.96. The molecular formula is C26H22F2N4O4. The van der Waals surface area contributed by atoms with Crippen molar-refractivity contribution in [1.29, 1.82) is 0 Å². The summed E-state index contributed by atoms with van der Waals surface area (Å²) in [7, 11) is 0. The van der Waals surface area contributed by atoms with E-state index >= 15 is 0 Å². The first-order chi connectivity index (χ1) is 17.5. The van der Waals surface area contributed by atoms with Crippen molar-refractivity contribution >= 4 is 21.9 Å². The van der Waals surface area contributed by atoms with Crippen molar-refractivity contribution < 1.29 is 23.4 Å². The molecule has 5 aromatic rings. The first kappa shape index (κ1) is 23.4. The summed E-state index contributed by atoms with van der Waals surface area (Å²) in [5, 5.41) is 15.1. The maximum Gasteiger partial charge on any atom is 0.387 e. The van der Waals surface area contributed by atoms with Crippen molar-refractivity contribution in [3.05, 3.63) is 77.2 Å². The van der Waals surface area contributed by atoms with Gasteiger partial charge in [-0.25, -0.2) is 0 Å². The second-order valence-electron chi connectivity index (χ2n) is 7.96. The van der Waals surface area contributed by atoms with Crippen LogP contribution in [0.5, 0.6) is 11.6 Å². The number of hydrogen-bond donors (Lipinski definition) is 1. The molecule has 5 rings (SSSR count). The zero-order valence-electron chi connectivity index (χ0n) is 19.3. The third-order valence-electron chi connectivity index (χ3n) is 5.63. The van der Waals surface area contributed by atoms with Gasteiger partial charge in [0.25, 0.3) is 5.56 Å². The third-order valence-corrected chi connectivity index (χ3v) is 5.63. The van der Waals surface area contributed by atoms with Crippen molar-refractivity contribution in [1.82, 2.24) is 19.3 Å². The Bertz CT molecular complexity index is 1600. The molecule has 0 unspecified atom stereocenters. The van der Waals surface area contributed by atoms with Crippen molar-refractivity contribution in [3.63, 3.8) is 0 Å². The van der Waals surface area contributed by atoms with Crippen LogP contribution in [0.15, 0.2) is 71.7 Å². The Hall–Kier alpha value is -4.31. The zero-order valence-corrected chi connectivity index (χ0v) is 19.3. The SMILES string of the molecule is CCOc1ccc2cc(-c3ccc4nn(CCO)cc4c3)c(=O)n(-c3ccc(OC(F)F)cc3)c2n1. The van der Waals surface area contributed by atoms with Gasteiger partial charge in [-0.3, -0.25) is 14.0 Å². The first-order valence-electron chi connectivity index (χ1n) is 11.3. The number of aliphatic hydroxyl groups is 1. The highest BCUT2D eigenvalue weighted by atomic mass is 19.3. The van der Waals surface area contributed by atoms with Gasteiger partial charge >= 0.3 is 6.61 Å². The highest BCUT2D eigenvalue weighted by Crippen LogP contribution is 2.27. The Morgan fingerprint density at radius 1 is 1.03 bits per heavy atom. The van der Waals surface area contributed by atoms with E-state index in [0.717, 1.165) is 10.9 Å². The molecule has 0 aliphatic heterocycles. The van der Waals surface area contributed by atoms with Crippen LogP contribution >= 0.6 is 0 Å². The monoisotopic (exact) mass is 492 g/mol. The number of fused-ring (bicyclic) bond motifs is 2. The number of ether oxygens (including phenoxy) is 2. The van der Waals surface area contributed by atoms with Crippen LogP contribution < -0.4 is 15.0 Å². The molecule has 8 nitrogen and oxygen atoms in total. The largest absolute Gasteiger partial charge is 0.478 e. The van der Waals surface area contributed by atoms with Gasteiger partial charge in [0.2, 0.25) is 5.88 Å². The maximum atomic E-state index is 13.8. The zero-order chi connectivity index (χ0) is 25.2. The number of pyridine rings is 2. The van der Waals surface area contributed by atoms with Crippen molar-refractivity contribution in [2.45, 2.75) is 20.1 Å². The predicted molar refractivity (Wildman–Crippen MR) is 131 cm³/mol. The van der Waals surface area contributed by atoms with E-state index in [1.54, 1.807) is 16.8 Å². The number of alkyl halides is 2. The number of aromatic nitrogens is 4. The molecule has 3 aromatic heterocycles. The van der Waals surface area contributed by atoms with E-state index in [1.807, 2.05) is 37.4 Å². The van der Waals surface area contributed by atoms with Gasteiger partial charge in [-0.2, -0.15) is 18.9 Å². The van der Waals surface area contributed by atoms with Gasteiger partial charge in [-0.1, -0.05) is 6.07 Å². The smallest absolute Gasteiger partial charge is 0.387 e. The van der Waals surface area contributed by atoms with E-state index in [-0.39, 0.29) is 17.9 Å². The van der Waals surface area contributed by atoms with Gasteiger partial charge in [0.1, 0.15) is 5.75 Å². The molecule has 184 valence electrons. The Balaban J connectivity index is 1.70. The van der Waals surface area contributed by atoms with Crippen molar-refractivity contribution in [2.75, 3.05) is 13.2 Å². The molecule has 10 heteroatoms. The molecule has 0 saturated carbocycles. The quantitative estimate of drug-likeness (QED) is 0.345. The number of rotatable bonds is 8. The van der Waals surface area contributed by atoms with Gasteiger partial charge in [0, 0.05) is 28.6 Å². The second kappa shape index (κ2) is 9.74. The van der Waals surface area contributed by atoms with Gasteiger partial charge < -0.3 is 14.6 Å². The van der Waals surface area contributed by atoms with Crippen LogP contribution in [-0.4, -0.2) is 44.3 Å². The van der Waals surface area contributed by atoms with Crippen LogP contribution in [0.4, 0.5) is 8.78 Å². The molecular weight excluding hydrogens is 470 g/mol. The maximum absolute atomic E-state index is 13.8. The van der Waals surface area contributed by atoms with E-state index in [4.69, 9.17) is 4.74 Å². The summed E-state index contributed by atoms with van der Waals surface area (Å²) >= 11 is 0. The fourth-order valence-electron chi connectivity index (χ4n) is 4.08. The Labute approximate surface area is 204 Å². The standard InChI is InChI=1S/C26H22F2N4O4/c1-2-35-23-10-4-17-14-21(16-3-9-22-18(13-16)15-31(30-22)11-12-33)25(34)32(24(17)29-23)19-5-7-20(8-6-19)36-26(27)28/h3-10,13-15,26,33H,2,11-12H2,1H3. The minimum Gasteiger partial charge on any atom is -0.478 e. The summed E-state index contributed by atoms with van der Waals surface area (Å²) in [4.78, 5) is 18.4. The number of aliphatic hydroxyl groups excluding tert-OH is 1. The van der Waals surface area contributed by atoms with Crippen molar-refractivity contribution in [3.8, 4) is 28.4 Å². The molecule has 0 spiro atoms. The molecule has 0 amide bonds. The predicted octanol–water partition coefficient (Wildman–Crippen LogP) is 4.39. The van der Waals surface area contributed by atoms with Gasteiger partial charge in [-0.15, -0.1) is 0 Å². The van der Waals surface area contributed by atoms with E-state index in [1.165, 1.54) is 28.8 Å². The average molecular weight is 492 g/mol. The average Bonchev–Trinajstić information content (AvgIpc) is 3.26. The Morgan fingerprint density at radius 2 is 1.83 bits per heavy atom. The normalized spacial score (nSPS) is 11.5. The molecule has 1 N–H and O–H groups in total. The lowest BCUT2D eigenvalue weighted by Gasteiger charge is -2.14. The summed E-state index contributed by atoms with van der Waals surface area (Å²) in [5.74, 6) is 0.344. The summed E-state index contributed by atoms with van der Waals surface area (Å²) in [6, 6.07) is 16.6. The fraction of sp³-hybridized carbons (Fsp3) is 0.192. The highest BCUT2D eigenvalue weighted by molar-refractivity contribution is 5.88. The van der Waals surface area contributed by atoms with Crippen LogP contribution in [0, 0.1) is 0 Å². The van der Waals surface area contributed by atoms with Gasteiger partial charge in [0.15, 0.2) is 5.65 Å². The molecule has 0 bridgehead atoms. The third kappa shape index (κ3) is 4.50. The van der Waals surface area contributed by atoms with E-state index < -0.39 is 6.61 Å². The van der Waals surface area contributed by atoms with E-state index in [9.17, 15) is 18.7 Å². The summed E-state index contributed by atoms with van der Waals surface area (Å²) in [5.41, 5.74) is 2.32. The van der Waals surface area contributed by atoms with Gasteiger partial charge in [-0.05, 0) is 61.0 Å². The van der Waals surface area contributed by atoms with E-state index in [2.05, 4.69) is 14.8 Å². The molecule has 3 heterocycles. The van der Waals surface area contributed by atoms with Crippen LogP contribution in [0.2, 0.25) is 0 Å². The molecule has 0 atom stereocenters. The number of hydrogen-bond acceptors (Lipinski definition) is 6. The number of nitrogens with zero attached hydrogens (tertiary/aromatic N) is 4. The lowest BCUT2D eigenvalue weighted by atomic mass is 10.0. The lowest BCUT2D eigenvalue weighted by Crippen LogP contribution is -2.21. The molecule has 36 heavy (non-hydrogen) atoms.